The van der Waals surface area contributed by atoms with Crippen molar-refractivity contribution in [2.75, 3.05) is 13.2 Å². The van der Waals surface area contributed by atoms with E-state index < -0.39 is 0 Å². The van der Waals surface area contributed by atoms with E-state index in [-0.39, 0.29) is 16.8 Å². The van der Waals surface area contributed by atoms with E-state index in [2.05, 4.69) is 11.9 Å². The number of imidazole rings is 1. The molecule has 0 bridgehead atoms. The molecule has 2 aromatic heterocycles. The van der Waals surface area contributed by atoms with Gasteiger partial charge in [0.25, 0.3) is 5.56 Å². The summed E-state index contributed by atoms with van der Waals surface area (Å²) in [6.45, 7) is 5.83. The Labute approximate surface area is 151 Å². The van der Waals surface area contributed by atoms with Crippen LogP contribution in [0.3, 0.4) is 0 Å². The van der Waals surface area contributed by atoms with E-state index in [4.69, 9.17) is 4.74 Å². The number of aromatic nitrogens is 3. The van der Waals surface area contributed by atoms with Gasteiger partial charge in [0.05, 0.1) is 12.7 Å². The summed E-state index contributed by atoms with van der Waals surface area (Å²) in [5.41, 5.74) is 1.92. The minimum atomic E-state index is -0.298. The van der Waals surface area contributed by atoms with Gasteiger partial charge in [0, 0.05) is 30.5 Å². The molecular formula is C20H22FN3O2. The molecule has 0 atom stereocenters. The van der Waals surface area contributed by atoms with E-state index in [1.54, 1.807) is 16.8 Å². The van der Waals surface area contributed by atoms with E-state index in [0.717, 1.165) is 29.9 Å². The van der Waals surface area contributed by atoms with Crippen LogP contribution >= 0.6 is 0 Å². The molecule has 0 radical (unpaired) electrons. The largest absolute Gasteiger partial charge is 0.381 e. The van der Waals surface area contributed by atoms with Gasteiger partial charge in [-0.05, 0) is 37.5 Å². The van der Waals surface area contributed by atoms with Crippen LogP contribution in [0.4, 0.5) is 4.39 Å². The summed E-state index contributed by atoms with van der Waals surface area (Å²) in [7, 11) is 0. The molecule has 1 aliphatic rings. The number of benzene rings is 1. The minimum absolute atomic E-state index is 0.0989. The molecule has 1 fully saturated rings. The summed E-state index contributed by atoms with van der Waals surface area (Å²) in [6, 6.07) is 6.34. The Morgan fingerprint density at radius 1 is 1.31 bits per heavy atom. The first-order chi connectivity index (χ1) is 12.5. The summed E-state index contributed by atoms with van der Waals surface area (Å²) in [4.78, 5) is 17.6. The Kier molecular flexibility index (Phi) is 4.15. The van der Waals surface area contributed by atoms with E-state index in [9.17, 15) is 9.18 Å². The molecule has 0 aliphatic carbocycles. The molecule has 5 nitrogen and oxygen atoms in total. The number of nitrogens with zero attached hydrogens (tertiary/aromatic N) is 3. The molecule has 136 valence electrons. The SMILES string of the molecule is Cc1cn2c(C3(C)CCOCC3)ncc2c(=O)n1Cc1cccc(F)c1. The lowest BCUT2D eigenvalue weighted by Crippen LogP contribution is -2.33. The third-order valence-electron chi connectivity index (χ3n) is 5.37. The fourth-order valence-corrected chi connectivity index (χ4v) is 3.71. The Bertz CT molecular complexity index is 1020. The molecule has 1 saturated heterocycles. The highest BCUT2D eigenvalue weighted by molar-refractivity contribution is 5.46. The molecule has 3 heterocycles. The fourth-order valence-electron chi connectivity index (χ4n) is 3.71. The Balaban J connectivity index is 1.79. The average molecular weight is 355 g/mol. The normalized spacial score (nSPS) is 16.9. The predicted molar refractivity (Wildman–Crippen MR) is 97.1 cm³/mol. The zero-order chi connectivity index (χ0) is 18.3. The number of aryl methyl sites for hydroxylation is 1. The molecule has 0 N–H and O–H groups in total. The van der Waals surface area contributed by atoms with Gasteiger partial charge in [-0.2, -0.15) is 0 Å². The first-order valence-corrected chi connectivity index (χ1v) is 8.88. The molecule has 0 amide bonds. The van der Waals surface area contributed by atoms with Crippen molar-refractivity contribution in [3.8, 4) is 0 Å². The second-order valence-corrected chi connectivity index (χ2v) is 7.30. The molecule has 6 heteroatoms. The van der Waals surface area contributed by atoms with Gasteiger partial charge >= 0.3 is 0 Å². The maximum absolute atomic E-state index is 13.5. The van der Waals surface area contributed by atoms with Crippen molar-refractivity contribution < 1.29 is 9.13 Å². The Morgan fingerprint density at radius 3 is 2.81 bits per heavy atom. The minimum Gasteiger partial charge on any atom is -0.381 e. The first-order valence-electron chi connectivity index (χ1n) is 8.88. The third kappa shape index (κ3) is 2.84. The van der Waals surface area contributed by atoms with Crippen LogP contribution in [0.5, 0.6) is 0 Å². The highest BCUT2D eigenvalue weighted by atomic mass is 19.1. The summed E-state index contributed by atoms with van der Waals surface area (Å²) >= 11 is 0. The second-order valence-electron chi connectivity index (χ2n) is 7.30. The van der Waals surface area contributed by atoms with Gasteiger partial charge in [-0.15, -0.1) is 0 Å². The van der Waals surface area contributed by atoms with Gasteiger partial charge in [0.1, 0.15) is 17.2 Å². The molecule has 0 saturated carbocycles. The van der Waals surface area contributed by atoms with Crippen LogP contribution in [0.1, 0.15) is 36.8 Å². The van der Waals surface area contributed by atoms with Gasteiger partial charge in [-0.3, -0.25) is 9.20 Å². The van der Waals surface area contributed by atoms with Crippen molar-refractivity contribution in [3.63, 3.8) is 0 Å². The van der Waals surface area contributed by atoms with Crippen LogP contribution < -0.4 is 5.56 Å². The van der Waals surface area contributed by atoms with Gasteiger partial charge in [-0.1, -0.05) is 19.1 Å². The number of fused-ring (bicyclic) bond motifs is 1. The third-order valence-corrected chi connectivity index (χ3v) is 5.37. The summed E-state index contributed by atoms with van der Waals surface area (Å²) in [5.74, 6) is 0.613. The van der Waals surface area contributed by atoms with Crippen molar-refractivity contribution in [3.05, 3.63) is 69.9 Å². The van der Waals surface area contributed by atoms with Crippen LogP contribution in [0, 0.1) is 12.7 Å². The van der Waals surface area contributed by atoms with Gasteiger partial charge in [0.2, 0.25) is 0 Å². The monoisotopic (exact) mass is 355 g/mol. The summed E-state index contributed by atoms with van der Waals surface area (Å²) in [5, 5.41) is 0. The highest BCUT2D eigenvalue weighted by Gasteiger charge is 2.33. The number of hydrogen-bond donors (Lipinski definition) is 0. The number of ether oxygens (including phenoxy) is 1. The summed E-state index contributed by atoms with van der Waals surface area (Å²) < 4.78 is 22.5. The van der Waals surface area contributed by atoms with Gasteiger partial charge < -0.3 is 9.30 Å². The van der Waals surface area contributed by atoms with Crippen LogP contribution in [0.25, 0.3) is 5.52 Å². The molecule has 0 spiro atoms. The van der Waals surface area contributed by atoms with Crippen LogP contribution in [0.15, 0.2) is 41.5 Å². The second kappa shape index (κ2) is 6.36. The van der Waals surface area contributed by atoms with Gasteiger partial charge in [-0.25, -0.2) is 9.37 Å². The first kappa shape index (κ1) is 17.0. The van der Waals surface area contributed by atoms with Crippen molar-refractivity contribution in [1.29, 1.82) is 0 Å². The van der Waals surface area contributed by atoms with Crippen molar-refractivity contribution >= 4 is 5.52 Å². The maximum Gasteiger partial charge on any atom is 0.276 e. The number of rotatable bonds is 3. The predicted octanol–water partition coefficient (Wildman–Crippen LogP) is 3.06. The quantitative estimate of drug-likeness (QED) is 0.725. The maximum atomic E-state index is 13.5. The molecular weight excluding hydrogens is 333 g/mol. The highest BCUT2D eigenvalue weighted by Crippen LogP contribution is 2.33. The van der Waals surface area contributed by atoms with Crippen LogP contribution in [0.2, 0.25) is 0 Å². The lowest BCUT2D eigenvalue weighted by Gasteiger charge is -2.32. The number of hydrogen-bond acceptors (Lipinski definition) is 3. The van der Waals surface area contributed by atoms with Crippen molar-refractivity contribution in [2.24, 2.45) is 0 Å². The van der Waals surface area contributed by atoms with Crippen LogP contribution in [-0.2, 0) is 16.7 Å². The zero-order valence-corrected chi connectivity index (χ0v) is 15.0. The number of halogens is 1. The average Bonchev–Trinajstić information content (AvgIpc) is 3.04. The molecule has 1 aromatic carbocycles. The van der Waals surface area contributed by atoms with Crippen molar-refractivity contribution in [2.45, 2.75) is 38.6 Å². The summed E-state index contributed by atoms with van der Waals surface area (Å²) in [6.07, 6.45) is 5.38. The Hall–Kier alpha value is -2.47. The zero-order valence-electron chi connectivity index (χ0n) is 15.0. The molecule has 3 aromatic rings. The van der Waals surface area contributed by atoms with E-state index in [1.165, 1.54) is 12.1 Å². The fraction of sp³-hybridized carbons (Fsp3) is 0.400. The molecule has 26 heavy (non-hydrogen) atoms. The van der Waals surface area contributed by atoms with Crippen molar-refractivity contribution in [1.82, 2.24) is 14.0 Å². The topological polar surface area (TPSA) is 48.5 Å². The molecule has 1 aliphatic heterocycles. The molecule has 0 unspecified atom stereocenters. The van der Waals surface area contributed by atoms with E-state index >= 15 is 0 Å². The standard InChI is InChI=1S/C20H22FN3O2/c1-14-12-24-17(11-22-19(24)20(2)6-8-26-9-7-20)18(25)23(14)13-15-4-3-5-16(21)10-15/h3-5,10-12H,6-9,13H2,1-2H3. The smallest absolute Gasteiger partial charge is 0.276 e. The Morgan fingerprint density at radius 2 is 2.08 bits per heavy atom. The van der Waals surface area contributed by atoms with Crippen LogP contribution in [-0.4, -0.2) is 27.2 Å². The molecule has 4 rings (SSSR count). The lowest BCUT2D eigenvalue weighted by atomic mass is 9.81. The van der Waals surface area contributed by atoms with E-state index in [1.807, 2.05) is 23.6 Å². The lowest BCUT2D eigenvalue weighted by molar-refractivity contribution is 0.0533. The van der Waals surface area contributed by atoms with Gasteiger partial charge in [0.15, 0.2) is 0 Å². The van der Waals surface area contributed by atoms with E-state index in [0.29, 0.717) is 25.3 Å².